The highest BCUT2D eigenvalue weighted by molar-refractivity contribution is 7.17. The van der Waals surface area contributed by atoms with Gasteiger partial charge in [-0.05, 0) is 53.8 Å². The summed E-state index contributed by atoms with van der Waals surface area (Å²) in [5.74, 6) is 1.40. The van der Waals surface area contributed by atoms with Gasteiger partial charge in [0.1, 0.15) is 5.82 Å². The maximum Gasteiger partial charge on any atom is 0.224 e. The lowest BCUT2D eigenvalue weighted by molar-refractivity contribution is -0.132. The van der Waals surface area contributed by atoms with Crippen molar-refractivity contribution in [3.63, 3.8) is 0 Å². The van der Waals surface area contributed by atoms with Crippen molar-refractivity contribution in [3.05, 3.63) is 65.3 Å². The van der Waals surface area contributed by atoms with Crippen LogP contribution in [0.4, 0.5) is 0 Å². The number of fused-ring (bicyclic) bond motifs is 2. The van der Waals surface area contributed by atoms with Crippen LogP contribution in [0, 0.1) is 0 Å². The van der Waals surface area contributed by atoms with Crippen LogP contribution in [0.15, 0.2) is 53.9 Å². The van der Waals surface area contributed by atoms with Crippen molar-refractivity contribution in [2.24, 2.45) is 5.73 Å². The molecule has 0 spiro atoms. The summed E-state index contributed by atoms with van der Waals surface area (Å²) in [6.07, 6.45) is 3.17. The fraction of sp³-hybridized carbons (Fsp3) is 0.333. The quantitative estimate of drug-likeness (QED) is 0.503. The molecular weight excluding hydrogens is 392 g/mol. The molecule has 0 bridgehead atoms. The van der Waals surface area contributed by atoms with E-state index < -0.39 is 0 Å². The molecule has 1 unspecified atom stereocenters. The minimum Gasteiger partial charge on any atom is -0.342 e. The second-order valence-electron chi connectivity index (χ2n) is 8.24. The van der Waals surface area contributed by atoms with Crippen molar-refractivity contribution < 1.29 is 4.79 Å². The number of hydrogen-bond donors (Lipinski definition) is 2. The third-order valence-electron chi connectivity index (χ3n) is 6.05. The molecule has 6 heteroatoms. The Morgan fingerprint density at radius 3 is 2.97 bits per heavy atom. The molecule has 0 aliphatic carbocycles. The fourth-order valence-electron chi connectivity index (χ4n) is 4.49. The Kier molecular flexibility index (Phi) is 5.27. The molecule has 3 heterocycles. The molecule has 2 aromatic carbocycles. The molecule has 30 heavy (non-hydrogen) atoms. The zero-order valence-electron chi connectivity index (χ0n) is 16.9. The second kappa shape index (κ2) is 8.20. The van der Waals surface area contributed by atoms with Crippen LogP contribution in [0.25, 0.3) is 21.1 Å². The number of amides is 1. The number of piperidine rings is 1. The SMILES string of the molecule is N[C@@H](CC(=O)N1CCCC(c2nc3ccccc3[nH]2)C1)Cc1csc2ccccc12. The number of nitrogens with one attached hydrogen (secondary N) is 1. The number of hydrogen-bond acceptors (Lipinski definition) is 4. The van der Waals surface area contributed by atoms with Gasteiger partial charge in [0.15, 0.2) is 0 Å². The lowest BCUT2D eigenvalue weighted by Gasteiger charge is -2.32. The minimum atomic E-state index is -0.165. The maximum absolute atomic E-state index is 13.0. The number of nitrogens with zero attached hydrogens (tertiary/aromatic N) is 2. The number of rotatable bonds is 5. The van der Waals surface area contributed by atoms with E-state index in [2.05, 4.69) is 34.6 Å². The third-order valence-corrected chi connectivity index (χ3v) is 7.06. The van der Waals surface area contributed by atoms with Crippen LogP contribution < -0.4 is 5.73 Å². The van der Waals surface area contributed by atoms with Crippen LogP contribution in [0.5, 0.6) is 0 Å². The minimum absolute atomic E-state index is 0.155. The van der Waals surface area contributed by atoms with Crippen LogP contribution in [0.3, 0.4) is 0 Å². The summed E-state index contributed by atoms with van der Waals surface area (Å²) in [6.45, 7) is 1.52. The zero-order valence-corrected chi connectivity index (χ0v) is 17.7. The van der Waals surface area contributed by atoms with Gasteiger partial charge in [-0.25, -0.2) is 4.98 Å². The highest BCUT2D eigenvalue weighted by Crippen LogP contribution is 2.29. The van der Waals surface area contributed by atoms with Gasteiger partial charge in [-0.15, -0.1) is 11.3 Å². The van der Waals surface area contributed by atoms with Crippen molar-refractivity contribution >= 4 is 38.4 Å². The molecule has 5 nitrogen and oxygen atoms in total. The van der Waals surface area contributed by atoms with Crippen LogP contribution in [-0.4, -0.2) is 39.9 Å². The van der Waals surface area contributed by atoms with Gasteiger partial charge in [0.2, 0.25) is 5.91 Å². The Bertz CT molecular complexity index is 1150. The molecule has 1 aliphatic heterocycles. The first-order valence-corrected chi connectivity index (χ1v) is 11.5. The molecule has 3 N–H and O–H groups in total. The van der Waals surface area contributed by atoms with Crippen molar-refractivity contribution in [1.29, 1.82) is 0 Å². The average Bonchev–Trinajstić information content (AvgIpc) is 3.38. The third kappa shape index (κ3) is 3.85. The number of carbonyl (C=O) groups excluding carboxylic acids is 1. The zero-order chi connectivity index (χ0) is 20.5. The molecule has 1 aliphatic rings. The van der Waals surface area contributed by atoms with Gasteiger partial charge in [-0.2, -0.15) is 0 Å². The van der Waals surface area contributed by atoms with E-state index >= 15 is 0 Å². The van der Waals surface area contributed by atoms with Gasteiger partial charge in [0.25, 0.3) is 0 Å². The number of thiophene rings is 1. The Balaban J connectivity index is 1.23. The van der Waals surface area contributed by atoms with E-state index in [9.17, 15) is 4.79 Å². The normalized spacial score (nSPS) is 18.2. The summed E-state index contributed by atoms with van der Waals surface area (Å²) in [4.78, 5) is 23.1. The molecule has 2 aromatic heterocycles. The first kappa shape index (κ1) is 19.3. The molecular formula is C24H26N4OS. The Labute approximate surface area is 179 Å². The van der Waals surface area contributed by atoms with Crippen LogP contribution in [0.1, 0.15) is 36.6 Å². The van der Waals surface area contributed by atoms with E-state index in [0.29, 0.717) is 13.0 Å². The second-order valence-corrected chi connectivity index (χ2v) is 9.15. The van der Waals surface area contributed by atoms with E-state index in [4.69, 9.17) is 10.7 Å². The van der Waals surface area contributed by atoms with Gasteiger partial charge >= 0.3 is 0 Å². The molecule has 0 saturated carbocycles. The number of aromatic nitrogens is 2. The molecule has 4 aromatic rings. The summed E-state index contributed by atoms with van der Waals surface area (Å²) in [5.41, 5.74) is 9.69. The first-order valence-electron chi connectivity index (χ1n) is 10.6. The van der Waals surface area contributed by atoms with Gasteiger partial charge in [-0.1, -0.05) is 30.3 Å². The number of imidazole rings is 1. The van der Waals surface area contributed by atoms with Crippen LogP contribution in [0.2, 0.25) is 0 Å². The number of H-pyrrole nitrogens is 1. The van der Waals surface area contributed by atoms with Gasteiger partial charge in [-0.3, -0.25) is 4.79 Å². The molecule has 0 radical (unpaired) electrons. The van der Waals surface area contributed by atoms with Crippen LogP contribution >= 0.6 is 11.3 Å². The number of aromatic amines is 1. The molecule has 5 rings (SSSR count). The lowest BCUT2D eigenvalue weighted by atomic mass is 9.96. The highest BCUT2D eigenvalue weighted by Gasteiger charge is 2.27. The van der Waals surface area contributed by atoms with Crippen molar-refractivity contribution in [3.8, 4) is 0 Å². The number of likely N-dealkylation sites (tertiary alicyclic amines) is 1. The van der Waals surface area contributed by atoms with Crippen molar-refractivity contribution in [2.45, 2.75) is 37.6 Å². The molecule has 154 valence electrons. The first-order chi connectivity index (χ1) is 14.7. The largest absolute Gasteiger partial charge is 0.342 e. The van der Waals surface area contributed by atoms with E-state index in [1.165, 1.54) is 15.6 Å². The molecule has 2 atom stereocenters. The van der Waals surface area contributed by atoms with Gasteiger partial charge in [0, 0.05) is 36.2 Å². The molecule has 1 saturated heterocycles. The Hall–Kier alpha value is -2.70. The Morgan fingerprint density at radius 1 is 1.23 bits per heavy atom. The number of carbonyl (C=O) groups is 1. The standard InChI is InChI=1S/C24H26N4OS/c25-18(12-17-15-30-22-10-4-1-7-19(17)22)13-23(29)28-11-5-6-16(14-28)24-26-20-8-2-3-9-21(20)27-24/h1-4,7-10,15-16,18H,5-6,11-14,25H2,(H,26,27)/t16?,18-/m1/s1. The maximum atomic E-state index is 13.0. The molecule has 1 amide bonds. The van der Waals surface area contributed by atoms with Crippen molar-refractivity contribution in [1.82, 2.24) is 14.9 Å². The lowest BCUT2D eigenvalue weighted by Crippen LogP contribution is -2.42. The number of benzene rings is 2. The number of para-hydroxylation sites is 2. The number of nitrogens with two attached hydrogens (primary N) is 1. The highest BCUT2D eigenvalue weighted by atomic mass is 32.1. The van der Waals surface area contributed by atoms with E-state index in [-0.39, 0.29) is 17.9 Å². The molecule has 1 fully saturated rings. The van der Waals surface area contributed by atoms with E-state index in [1.54, 1.807) is 11.3 Å². The smallest absolute Gasteiger partial charge is 0.224 e. The van der Waals surface area contributed by atoms with Crippen LogP contribution in [-0.2, 0) is 11.2 Å². The van der Waals surface area contributed by atoms with E-state index in [0.717, 1.165) is 42.7 Å². The van der Waals surface area contributed by atoms with Gasteiger partial charge < -0.3 is 15.6 Å². The fourth-order valence-corrected chi connectivity index (χ4v) is 5.47. The van der Waals surface area contributed by atoms with Gasteiger partial charge in [0.05, 0.1) is 11.0 Å². The average molecular weight is 419 g/mol. The summed E-state index contributed by atoms with van der Waals surface area (Å²) >= 11 is 1.74. The monoisotopic (exact) mass is 418 g/mol. The predicted octanol–water partition coefficient (Wildman–Crippen LogP) is 4.44. The predicted molar refractivity (Wildman–Crippen MR) is 123 cm³/mol. The summed E-state index contributed by atoms with van der Waals surface area (Å²) in [5, 5.41) is 3.43. The summed E-state index contributed by atoms with van der Waals surface area (Å²) < 4.78 is 1.27. The summed E-state index contributed by atoms with van der Waals surface area (Å²) in [6, 6.07) is 16.3. The Morgan fingerprint density at radius 2 is 2.07 bits per heavy atom. The van der Waals surface area contributed by atoms with E-state index in [1.807, 2.05) is 29.2 Å². The summed E-state index contributed by atoms with van der Waals surface area (Å²) in [7, 11) is 0. The topological polar surface area (TPSA) is 75.0 Å². The van der Waals surface area contributed by atoms with Crippen molar-refractivity contribution in [2.75, 3.05) is 13.1 Å².